The minimum atomic E-state index is -2.49. The van der Waals surface area contributed by atoms with Gasteiger partial charge in [0, 0.05) is 55.3 Å². The van der Waals surface area contributed by atoms with E-state index in [-0.39, 0.29) is 5.75 Å². The number of fused-ring (bicyclic) bond motifs is 3. The normalized spacial score (nSPS) is 18.1. The Balaban J connectivity index is 1.37. The van der Waals surface area contributed by atoms with Gasteiger partial charge in [-0.3, -0.25) is 4.40 Å². The van der Waals surface area contributed by atoms with E-state index in [0.717, 1.165) is 30.0 Å². The number of morpholine rings is 1. The fourth-order valence-corrected chi connectivity index (χ4v) is 5.25. The maximum Gasteiger partial charge on any atom is 0.225 e. The fraction of sp³-hybridized carbons (Fsp3) is 0.320. The molecule has 11 heteroatoms. The summed E-state index contributed by atoms with van der Waals surface area (Å²) >= 11 is 0. The number of anilines is 1. The predicted molar refractivity (Wildman–Crippen MR) is 131 cm³/mol. The van der Waals surface area contributed by atoms with Gasteiger partial charge in [-0.25, -0.2) is 27.8 Å². The summed E-state index contributed by atoms with van der Waals surface area (Å²) in [5.41, 5.74) is 4.73. The lowest BCUT2D eigenvalue weighted by atomic mass is 10.0. The lowest BCUT2D eigenvalue weighted by Crippen LogP contribution is -2.37. The van der Waals surface area contributed by atoms with E-state index in [9.17, 15) is 8.42 Å². The number of ether oxygens (including phenoxy) is 2. The van der Waals surface area contributed by atoms with Gasteiger partial charge in [0.15, 0.2) is 0 Å². The molecule has 0 N–H and O–H groups in total. The second kappa shape index (κ2) is 9.57. The Kier molecular flexibility index (Phi) is 6.12. The zero-order valence-electron chi connectivity index (χ0n) is 19.3. The van der Waals surface area contributed by atoms with Gasteiger partial charge in [0.25, 0.3) is 0 Å². The lowest BCUT2D eigenvalue weighted by molar-refractivity contribution is 0.0654. The molecule has 0 bridgehead atoms. The molecule has 4 aromatic rings. The first-order chi connectivity index (χ1) is 17.6. The highest BCUT2D eigenvalue weighted by atomic mass is 32.2. The number of imidazole rings is 1. The highest BCUT2D eigenvalue weighted by Gasteiger charge is 2.28. The van der Waals surface area contributed by atoms with Crippen LogP contribution in [0.2, 0.25) is 0 Å². The molecular weight excluding hydrogens is 485 g/mol. The standard InChI is InChI=1S/C25H24FN5O4S/c26-20-11-22-29-21-5-8-35-24(17-3-1-16(2-4-17)15-36(32)33)23(21)31(22)14-19(20)18-12-27-25(28-13-18)30-6-9-34-10-7-30/h1-4,11-14,24,36H,5-10,15H2. The average Bonchev–Trinajstić information content (AvgIpc) is 3.26. The number of aromatic nitrogens is 4. The van der Waals surface area contributed by atoms with Crippen molar-refractivity contribution in [2.75, 3.05) is 37.8 Å². The largest absolute Gasteiger partial charge is 0.378 e. The minimum absolute atomic E-state index is 0.00294. The van der Waals surface area contributed by atoms with Gasteiger partial charge >= 0.3 is 0 Å². The summed E-state index contributed by atoms with van der Waals surface area (Å²) < 4.78 is 50.7. The SMILES string of the molecule is O=[SH](=O)Cc1ccc(C2OCCc3nc4cc(F)c(-c5cnc(N6CCOCC6)nc5)cn4c32)cc1. The van der Waals surface area contributed by atoms with Crippen LogP contribution in [0.1, 0.15) is 28.6 Å². The van der Waals surface area contributed by atoms with E-state index in [2.05, 4.69) is 15.0 Å². The Bertz CT molecular complexity index is 1470. The van der Waals surface area contributed by atoms with Gasteiger partial charge in [-0.05, 0) is 11.1 Å². The molecule has 1 saturated heterocycles. The summed E-state index contributed by atoms with van der Waals surface area (Å²) in [6.45, 7) is 3.19. The van der Waals surface area contributed by atoms with E-state index in [0.29, 0.717) is 54.5 Å². The van der Waals surface area contributed by atoms with Crippen LogP contribution in [0.4, 0.5) is 10.3 Å². The van der Waals surface area contributed by atoms with Gasteiger partial charge in [0.2, 0.25) is 5.95 Å². The van der Waals surface area contributed by atoms with Crippen LogP contribution in [0.3, 0.4) is 0 Å². The molecule has 36 heavy (non-hydrogen) atoms. The molecule has 0 aliphatic carbocycles. The Morgan fingerprint density at radius 2 is 1.81 bits per heavy atom. The maximum absolute atomic E-state index is 15.2. The Hall–Kier alpha value is -3.41. The minimum Gasteiger partial charge on any atom is -0.378 e. The molecule has 5 heterocycles. The zero-order valence-corrected chi connectivity index (χ0v) is 20.2. The summed E-state index contributed by atoms with van der Waals surface area (Å²) in [6.07, 6.45) is 5.22. The highest BCUT2D eigenvalue weighted by Crippen LogP contribution is 2.35. The first-order valence-electron chi connectivity index (χ1n) is 11.7. The van der Waals surface area contributed by atoms with Crippen LogP contribution in [0.5, 0.6) is 0 Å². The van der Waals surface area contributed by atoms with Crippen LogP contribution in [-0.2, 0) is 32.4 Å². The summed E-state index contributed by atoms with van der Waals surface area (Å²) in [4.78, 5) is 15.6. The number of hydrogen-bond acceptors (Lipinski definition) is 8. The molecule has 0 radical (unpaired) electrons. The van der Waals surface area contributed by atoms with Crippen LogP contribution in [0, 0.1) is 5.82 Å². The topological polar surface area (TPSA) is 98.9 Å². The Labute approximate surface area is 208 Å². The molecule has 0 spiro atoms. The Morgan fingerprint density at radius 1 is 1.06 bits per heavy atom. The van der Waals surface area contributed by atoms with E-state index in [4.69, 9.17) is 9.47 Å². The first kappa shape index (κ1) is 23.0. The van der Waals surface area contributed by atoms with E-state index in [1.165, 1.54) is 6.07 Å². The summed E-state index contributed by atoms with van der Waals surface area (Å²) in [6, 6.07) is 8.75. The monoisotopic (exact) mass is 509 g/mol. The molecule has 1 unspecified atom stereocenters. The highest BCUT2D eigenvalue weighted by molar-refractivity contribution is 7.71. The van der Waals surface area contributed by atoms with Crippen LogP contribution >= 0.6 is 0 Å². The van der Waals surface area contributed by atoms with Gasteiger partial charge in [0.1, 0.15) is 28.3 Å². The van der Waals surface area contributed by atoms with Gasteiger partial charge < -0.3 is 14.4 Å². The molecule has 1 atom stereocenters. The smallest absolute Gasteiger partial charge is 0.225 e. The van der Waals surface area contributed by atoms with Crippen LogP contribution in [0.15, 0.2) is 48.9 Å². The number of nitrogens with zero attached hydrogens (tertiary/aromatic N) is 5. The number of hydrogen-bond donors (Lipinski definition) is 1. The second-order valence-electron chi connectivity index (χ2n) is 8.81. The summed E-state index contributed by atoms with van der Waals surface area (Å²) in [5.74, 6) is 0.194. The predicted octanol–water partition coefficient (Wildman–Crippen LogP) is 2.54. The maximum atomic E-state index is 15.2. The third-order valence-corrected chi connectivity index (χ3v) is 7.16. The molecule has 9 nitrogen and oxygen atoms in total. The molecule has 1 aromatic carbocycles. The first-order valence-corrected chi connectivity index (χ1v) is 13.1. The van der Waals surface area contributed by atoms with Crippen molar-refractivity contribution >= 4 is 22.3 Å². The fourth-order valence-electron chi connectivity index (χ4n) is 4.75. The van der Waals surface area contributed by atoms with Crippen molar-refractivity contribution < 1.29 is 22.3 Å². The van der Waals surface area contributed by atoms with Crippen molar-refractivity contribution in [2.24, 2.45) is 0 Å². The van der Waals surface area contributed by atoms with E-state index in [1.807, 2.05) is 21.4 Å². The molecular formula is C25H24FN5O4S. The van der Waals surface area contributed by atoms with Crippen molar-refractivity contribution in [1.82, 2.24) is 19.4 Å². The summed E-state index contributed by atoms with van der Waals surface area (Å²) in [7, 11) is -2.49. The van der Waals surface area contributed by atoms with Crippen LogP contribution in [0.25, 0.3) is 16.8 Å². The van der Waals surface area contributed by atoms with E-state index >= 15 is 4.39 Å². The van der Waals surface area contributed by atoms with Crippen LogP contribution in [-0.4, -0.2) is 60.7 Å². The van der Waals surface area contributed by atoms with Crippen molar-refractivity contribution in [3.05, 3.63) is 77.3 Å². The molecule has 2 aliphatic heterocycles. The molecule has 6 rings (SSSR count). The van der Waals surface area contributed by atoms with Gasteiger partial charge in [-0.15, -0.1) is 0 Å². The number of benzene rings is 1. The molecule has 3 aromatic heterocycles. The molecule has 1 fully saturated rings. The second-order valence-corrected chi connectivity index (χ2v) is 9.79. The third-order valence-electron chi connectivity index (χ3n) is 6.53. The van der Waals surface area contributed by atoms with Gasteiger partial charge in [-0.2, -0.15) is 0 Å². The van der Waals surface area contributed by atoms with Gasteiger partial charge in [-0.1, -0.05) is 24.3 Å². The van der Waals surface area contributed by atoms with E-state index < -0.39 is 22.6 Å². The number of thiol groups is 1. The molecule has 0 saturated carbocycles. The van der Waals surface area contributed by atoms with Crippen molar-refractivity contribution in [2.45, 2.75) is 18.3 Å². The van der Waals surface area contributed by atoms with E-state index in [1.54, 1.807) is 30.7 Å². The van der Waals surface area contributed by atoms with Crippen molar-refractivity contribution in [3.63, 3.8) is 0 Å². The number of halogens is 1. The van der Waals surface area contributed by atoms with Crippen molar-refractivity contribution in [1.29, 1.82) is 0 Å². The quantitative estimate of drug-likeness (QED) is 0.410. The third kappa shape index (κ3) is 4.34. The Morgan fingerprint density at radius 3 is 2.53 bits per heavy atom. The zero-order chi connectivity index (χ0) is 24.6. The number of rotatable bonds is 5. The molecule has 2 aliphatic rings. The van der Waals surface area contributed by atoms with Gasteiger partial charge in [0.05, 0.1) is 37.0 Å². The lowest BCUT2D eigenvalue weighted by Gasteiger charge is -2.26. The van der Waals surface area contributed by atoms with Crippen molar-refractivity contribution in [3.8, 4) is 11.1 Å². The molecule has 0 amide bonds. The summed E-state index contributed by atoms with van der Waals surface area (Å²) in [5, 5.41) is 0. The number of pyridine rings is 1. The van der Waals surface area contributed by atoms with Crippen LogP contribution < -0.4 is 4.90 Å². The molecule has 186 valence electrons. The average molecular weight is 510 g/mol.